The Morgan fingerprint density at radius 2 is 1.82 bits per heavy atom. The van der Waals surface area contributed by atoms with E-state index >= 15 is 0 Å². The first kappa shape index (κ1) is 26.6. The summed E-state index contributed by atoms with van der Waals surface area (Å²) in [5, 5.41) is 2.95. The van der Waals surface area contributed by atoms with Gasteiger partial charge in [-0.05, 0) is 37.7 Å². The fourth-order valence-corrected chi connectivity index (χ4v) is 4.50. The van der Waals surface area contributed by atoms with E-state index in [-0.39, 0.29) is 17.6 Å². The van der Waals surface area contributed by atoms with E-state index < -0.39 is 29.9 Å². The van der Waals surface area contributed by atoms with Gasteiger partial charge in [-0.25, -0.2) is 9.59 Å². The summed E-state index contributed by atoms with van der Waals surface area (Å²) in [7, 11) is 1.49. The molecule has 0 aliphatic heterocycles. The zero-order chi connectivity index (χ0) is 24.8. The predicted molar refractivity (Wildman–Crippen MR) is 123 cm³/mol. The Bertz CT molecular complexity index is 889. The van der Waals surface area contributed by atoms with E-state index in [2.05, 4.69) is 5.32 Å². The maximum Gasteiger partial charge on any atom is 0.413 e. The molecule has 1 aromatic rings. The zero-order valence-corrected chi connectivity index (χ0v) is 20.6. The average molecular weight is 481 g/mol. The van der Waals surface area contributed by atoms with Crippen LogP contribution in [0.25, 0.3) is 0 Å². The lowest BCUT2D eigenvalue weighted by Gasteiger charge is -2.43. The number of hydrogen-bond donors (Lipinski definition) is 1. The van der Waals surface area contributed by atoms with E-state index in [0.717, 1.165) is 12.8 Å². The van der Waals surface area contributed by atoms with Crippen molar-refractivity contribution in [3.05, 3.63) is 34.9 Å². The summed E-state index contributed by atoms with van der Waals surface area (Å²) in [5.74, 6) is -1.05. The number of benzene rings is 1. The predicted octanol–water partition coefficient (Wildman–Crippen LogP) is 4.19. The van der Waals surface area contributed by atoms with E-state index in [4.69, 9.17) is 21.1 Å². The van der Waals surface area contributed by atoms with Crippen LogP contribution >= 0.6 is 11.6 Å². The van der Waals surface area contributed by atoms with Crippen molar-refractivity contribution in [3.8, 4) is 0 Å². The molecule has 9 heteroatoms. The van der Waals surface area contributed by atoms with Gasteiger partial charge >= 0.3 is 12.1 Å². The molecule has 33 heavy (non-hydrogen) atoms. The van der Waals surface area contributed by atoms with Crippen LogP contribution in [0.2, 0.25) is 5.02 Å². The summed E-state index contributed by atoms with van der Waals surface area (Å²) in [6, 6.07) is 6.10. The topological polar surface area (TPSA) is 102 Å². The number of halogens is 1. The fourth-order valence-electron chi connectivity index (χ4n) is 4.21. The SMILES string of the molecule is CC(=O)NC(CC(C)C)C(=O)OC(C)OC(=O)N(C)[C@]1(c2ccccc2Cl)CCCCC1=O. The van der Waals surface area contributed by atoms with Crippen LogP contribution in [0, 0.1) is 5.92 Å². The van der Waals surface area contributed by atoms with Crippen molar-refractivity contribution in [2.24, 2.45) is 5.92 Å². The molecular formula is C24H33ClN2O6. The van der Waals surface area contributed by atoms with Crippen molar-refractivity contribution >= 4 is 35.4 Å². The van der Waals surface area contributed by atoms with Crippen LogP contribution in [0.4, 0.5) is 4.79 Å². The number of hydrogen-bond acceptors (Lipinski definition) is 6. The smallest absolute Gasteiger partial charge is 0.413 e. The van der Waals surface area contributed by atoms with Crippen LogP contribution in [-0.2, 0) is 29.4 Å². The van der Waals surface area contributed by atoms with Gasteiger partial charge in [0, 0.05) is 37.9 Å². The molecule has 2 rings (SSSR count). The van der Waals surface area contributed by atoms with Gasteiger partial charge in [-0.3, -0.25) is 14.5 Å². The summed E-state index contributed by atoms with van der Waals surface area (Å²) in [4.78, 5) is 51.4. The summed E-state index contributed by atoms with van der Waals surface area (Å²) >= 11 is 6.42. The van der Waals surface area contributed by atoms with Gasteiger partial charge in [-0.1, -0.05) is 43.6 Å². The van der Waals surface area contributed by atoms with Gasteiger partial charge in [0.1, 0.15) is 11.6 Å². The molecule has 1 aliphatic rings. The third kappa shape index (κ3) is 6.47. The van der Waals surface area contributed by atoms with Gasteiger partial charge in [0.15, 0.2) is 5.78 Å². The minimum atomic E-state index is -1.26. The molecule has 0 spiro atoms. The number of nitrogens with one attached hydrogen (secondary N) is 1. The van der Waals surface area contributed by atoms with Crippen molar-refractivity contribution in [3.63, 3.8) is 0 Å². The fraction of sp³-hybridized carbons (Fsp3) is 0.583. The molecule has 0 bridgehead atoms. The Kier molecular flexibility index (Phi) is 9.28. The molecule has 1 saturated carbocycles. The second-order valence-electron chi connectivity index (χ2n) is 8.80. The molecule has 3 atom stereocenters. The monoisotopic (exact) mass is 480 g/mol. The molecule has 1 fully saturated rings. The molecule has 0 saturated heterocycles. The minimum absolute atomic E-state index is 0.117. The van der Waals surface area contributed by atoms with E-state index in [0.29, 0.717) is 29.8 Å². The maximum absolute atomic E-state index is 13.1. The molecule has 2 amide bonds. The van der Waals surface area contributed by atoms with Crippen LogP contribution in [-0.4, -0.2) is 48.0 Å². The number of nitrogens with zero attached hydrogens (tertiary/aromatic N) is 1. The first-order chi connectivity index (χ1) is 15.5. The molecule has 1 aromatic carbocycles. The van der Waals surface area contributed by atoms with E-state index in [1.165, 1.54) is 25.8 Å². The highest BCUT2D eigenvalue weighted by Crippen LogP contribution is 2.42. The molecule has 182 valence electrons. The Morgan fingerprint density at radius 1 is 1.15 bits per heavy atom. The number of ether oxygens (including phenoxy) is 2. The lowest BCUT2D eigenvalue weighted by molar-refractivity contribution is -0.171. The number of ketones is 1. The number of amides is 2. The molecule has 0 heterocycles. The van der Waals surface area contributed by atoms with Crippen LogP contribution in [0.1, 0.15) is 65.4 Å². The van der Waals surface area contributed by atoms with Gasteiger partial charge < -0.3 is 14.8 Å². The highest BCUT2D eigenvalue weighted by molar-refractivity contribution is 6.31. The number of carbonyl (C=O) groups is 4. The van der Waals surface area contributed by atoms with Crippen molar-refractivity contribution in [1.29, 1.82) is 0 Å². The van der Waals surface area contributed by atoms with Gasteiger partial charge in [-0.15, -0.1) is 0 Å². The van der Waals surface area contributed by atoms with Crippen LogP contribution in [0.3, 0.4) is 0 Å². The maximum atomic E-state index is 13.1. The molecule has 0 radical (unpaired) electrons. The second kappa shape index (κ2) is 11.5. The number of likely N-dealkylation sites (N-methyl/N-ethyl adjacent to an activating group) is 1. The Balaban J connectivity index is 2.18. The first-order valence-electron chi connectivity index (χ1n) is 11.2. The molecule has 1 aliphatic carbocycles. The molecule has 2 unspecified atom stereocenters. The van der Waals surface area contributed by atoms with Crippen LogP contribution < -0.4 is 5.32 Å². The third-order valence-corrected chi connectivity index (χ3v) is 6.07. The summed E-state index contributed by atoms with van der Waals surface area (Å²) in [6.07, 6.45) is 0.552. The Labute approximate surface area is 199 Å². The molecule has 8 nitrogen and oxygen atoms in total. The third-order valence-electron chi connectivity index (χ3n) is 5.74. The Hall–Kier alpha value is -2.61. The summed E-state index contributed by atoms with van der Waals surface area (Å²) in [6.45, 7) is 6.55. The summed E-state index contributed by atoms with van der Waals surface area (Å²) in [5.41, 5.74) is -0.712. The summed E-state index contributed by atoms with van der Waals surface area (Å²) < 4.78 is 10.6. The van der Waals surface area contributed by atoms with Crippen molar-refractivity contribution in [1.82, 2.24) is 10.2 Å². The quantitative estimate of drug-likeness (QED) is 0.442. The van der Waals surface area contributed by atoms with Gasteiger partial charge in [0.05, 0.1) is 0 Å². The van der Waals surface area contributed by atoms with Gasteiger partial charge in [0.25, 0.3) is 0 Å². The standard InChI is InChI=1S/C24H33ClN2O6/c1-15(2)14-20(26-16(3)28)22(30)32-17(4)33-23(31)27(5)24(13-9-8-12-21(24)29)18-10-6-7-11-19(18)25/h6-7,10-11,15,17,20H,8-9,12-14H2,1-5H3,(H,26,28)/t17?,20?,24-/m0/s1. The van der Waals surface area contributed by atoms with E-state index in [1.54, 1.807) is 24.3 Å². The van der Waals surface area contributed by atoms with Crippen molar-refractivity contribution < 1.29 is 28.7 Å². The van der Waals surface area contributed by atoms with Crippen LogP contribution in [0.5, 0.6) is 0 Å². The lowest BCUT2D eigenvalue weighted by Crippen LogP contribution is -2.55. The minimum Gasteiger partial charge on any atom is -0.424 e. The molecular weight excluding hydrogens is 448 g/mol. The number of carbonyl (C=O) groups excluding carboxylic acids is 4. The number of Topliss-reactive ketones (excluding diaryl/α,β-unsaturated/α-hetero) is 1. The average Bonchev–Trinajstić information content (AvgIpc) is 2.73. The zero-order valence-electron chi connectivity index (χ0n) is 19.9. The van der Waals surface area contributed by atoms with Gasteiger partial charge in [0.2, 0.25) is 12.2 Å². The molecule has 1 N–H and O–H groups in total. The van der Waals surface area contributed by atoms with E-state index in [9.17, 15) is 19.2 Å². The number of rotatable bonds is 8. The van der Waals surface area contributed by atoms with E-state index in [1.807, 2.05) is 13.8 Å². The van der Waals surface area contributed by atoms with Crippen molar-refractivity contribution in [2.75, 3.05) is 7.05 Å². The van der Waals surface area contributed by atoms with Crippen molar-refractivity contribution in [2.45, 2.75) is 77.7 Å². The normalized spacial score (nSPS) is 20.0. The largest absolute Gasteiger partial charge is 0.424 e. The van der Waals surface area contributed by atoms with Crippen LogP contribution in [0.15, 0.2) is 24.3 Å². The highest BCUT2D eigenvalue weighted by Gasteiger charge is 2.49. The van der Waals surface area contributed by atoms with Gasteiger partial charge in [-0.2, -0.15) is 0 Å². The Morgan fingerprint density at radius 3 is 2.39 bits per heavy atom. The lowest BCUT2D eigenvalue weighted by atomic mass is 9.74. The first-order valence-corrected chi connectivity index (χ1v) is 11.6. The second-order valence-corrected chi connectivity index (χ2v) is 9.21. The molecule has 0 aromatic heterocycles. The number of esters is 1. The highest BCUT2D eigenvalue weighted by atomic mass is 35.5.